The Kier molecular flexibility index (Phi) is 14.4. The molecule has 4 saturated heterocycles. The van der Waals surface area contributed by atoms with Crippen LogP contribution in [0.5, 0.6) is 0 Å². The van der Waals surface area contributed by atoms with E-state index in [4.69, 9.17) is 33.2 Å². The predicted octanol–water partition coefficient (Wildman–Crippen LogP) is -7.68. The molecule has 0 spiro atoms. The average molecular weight is 732 g/mol. The number of nitrogens with zero attached hydrogens (tertiary/aromatic N) is 1. The number of carbonyl (C=O) groups is 1. The quantitative estimate of drug-likeness (QED) is 0.0829. The molecule has 4 aliphatic rings. The molecular formula is C29H49NO20. The summed E-state index contributed by atoms with van der Waals surface area (Å²) in [5.41, 5.74) is 0. The standard InChI is InChI=1S/C29H49NO20/c1-4-5-30(10(3)34)26-20(41)19(40)23(13(8-33)45-26)48-29-25(50-27-21(42)17(38)14(35)9(2)44-27)24(16(37)12(7-32)47-29)49-28-22(43)18(39)15(36)11(6-31)46-28/h4,9,11-29,31-33,35-43H,1,5-8H2,2-3H3/t9?,11?,12?,13-,14+,15-,16-,17-,18-,19?,20?,21+,22-,23+,24-,25-,26?,27?,28?,29?/m0/s1. The number of rotatable bonds is 12. The number of hydrogen-bond donors (Lipinski definition) is 12. The van der Waals surface area contributed by atoms with Crippen molar-refractivity contribution in [2.45, 2.75) is 137 Å². The Labute approximate surface area is 285 Å². The number of aliphatic hydroxyl groups excluding tert-OH is 12. The molecule has 0 radical (unpaired) electrons. The van der Waals surface area contributed by atoms with Crippen molar-refractivity contribution in [1.82, 2.24) is 4.90 Å². The summed E-state index contributed by atoms with van der Waals surface area (Å²) in [6, 6.07) is 0. The van der Waals surface area contributed by atoms with Crippen LogP contribution in [0.4, 0.5) is 0 Å². The summed E-state index contributed by atoms with van der Waals surface area (Å²) in [6.07, 6.45) is -33.6. The Morgan fingerprint density at radius 3 is 1.66 bits per heavy atom. The molecule has 4 rings (SSSR count). The van der Waals surface area contributed by atoms with Crippen LogP contribution in [0.3, 0.4) is 0 Å². The lowest BCUT2D eigenvalue weighted by atomic mass is 9.95. The molecule has 0 bridgehead atoms. The summed E-state index contributed by atoms with van der Waals surface area (Å²) >= 11 is 0. The first-order valence-corrected chi connectivity index (χ1v) is 16.0. The summed E-state index contributed by atoms with van der Waals surface area (Å²) in [4.78, 5) is 13.3. The van der Waals surface area contributed by atoms with Gasteiger partial charge in [0.05, 0.1) is 25.9 Å². The number of ether oxygens (including phenoxy) is 7. The van der Waals surface area contributed by atoms with Gasteiger partial charge in [-0.2, -0.15) is 0 Å². The van der Waals surface area contributed by atoms with Gasteiger partial charge in [0.25, 0.3) is 0 Å². The molecule has 290 valence electrons. The molecule has 50 heavy (non-hydrogen) atoms. The first-order valence-electron chi connectivity index (χ1n) is 16.0. The van der Waals surface area contributed by atoms with Gasteiger partial charge in [-0.1, -0.05) is 6.08 Å². The molecule has 21 heteroatoms. The molecule has 4 aliphatic heterocycles. The van der Waals surface area contributed by atoms with E-state index in [1.54, 1.807) is 0 Å². The predicted molar refractivity (Wildman–Crippen MR) is 158 cm³/mol. The van der Waals surface area contributed by atoms with Crippen molar-refractivity contribution in [1.29, 1.82) is 0 Å². The number of aliphatic hydroxyl groups is 12. The zero-order valence-electron chi connectivity index (χ0n) is 27.2. The fraction of sp³-hybridized carbons (Fsp3) is 0.897. The maximum absolute atomic E-state index is 12.3. The van der Waals surface area contributed by atoms with E-state index in [9.17, 15) is 66.1 Å². The minimum absolute atomic E-state index is 0.106. The van der Waals surface area contributed by atoms with Crippen molar-refractivity contribution in [3.63, 3.8) is 0 Å². The van der Waals surface area contributed by atoms with E-state index in [2.05, 4.69) is 6.58 Å². The number of amides is 1. The summed E-state index contributed by atoms with van der Waals surface area (Å²) in [5, 5.41) is 126. The summed E-state index contributed by atoms with van der Waals surface area (Å²) in [5.74, 6) is -0.568. The van der Waals surface area contributed by atoms with Gasteiger partial charge in [-0.05, 0) is 6.92 Å². The molecule has 0 saturated carbocycles. The number of hydrogen-bond acceptors (Lipinski definition) is 20. The van der Waals surface area contributed by atoms with E-state index in [1.807, 2.05) is 0 Å². The van der Waals surface area contributed by atoms with Crippen molar-refractivity contribution < 1.29 is 99.2 Å². The lowest BCUT2D eigenvalue weighted by Gasteiger charge is -2.51. The van der Waals surface area contributed by atoms with Crippen LogP contribution in [-0.2, 0) is 38.0 Å². The van der Waals surface area contributed by atoms with Gasteiger partial charge in [0, 0.05) is 13.5 Å². The smallest absolute Gasteiger partial charge is 0.221 e. The van der Waals surface area contributed by atoms with Crippen molar-refractivity contribution in [3.05, 3.63) is 12.7 Å². The monoisotopic (exact) mass is 731 g/mol. The van der Waals surface area contributed by atoms with E-state index in [-0.39, 0.29) is 6.54 Å². The molecule has 4 heterocycles. The van der Waals surface area contributed by atoms with Crippen LogP contribution < -0.4 is 0 Å². The molecule has 21 nitrogen and oxygen atoms in total. The van der Waals surface area contributed by atoms with Gasteiger partial charge in [0.15, 0.2) is 25.1 Å². The Hall–Kier alpha value is -1.55. The topological polar surface area (TPSA) is 328 Å². The first kappa shape index (κ1) is 41.2. The second-order valence-corrected chi connectivity index (χ2v) is 12.6. The highest BCUT2D eigenvalue weighted by molar-refractivity contribution is 5.73. The summed E-state index contributed by atoms with van der Waals surface area (Å²) < 4.78 is 40.2. The third-order valence-corrected chi connectivity index (χ3v) is 9.21. The lowest BCUT2D eigenvalue weighted by Crippen LogP contribution is -2.69. The highest BCUT2D eigenvalue weighted by Gasteiger charge is 2.56. The van der Waals surface area contributed by atoms with Crippen LogP contribution in [0.15, 0.2) is 12.7 Å². The Bertz CT molecular complexity index is 1100. The largest absolute Gasteiger partial charge is 0.394 e. The van der Waals surface area contributed by atoms with Crippen LogP contribution in [0.2, 0.25) is 0 Å². The van der Waals surface area contributed by atoms with Crippen LogP contribution in [-0.4, -0.2) is 221 Å². The molecule has 0 aromatic carbocycles. The van der Waals surface area contributed by atoms with Gasteiger partial charge in [0.2, 0.25) is 5.91 Å². The van der Waals surface area contributed by atoms with E-state index in [0.29, 0.717) is 0 Å². The van der Waals surface area contributed by atoms with Crippen LogP contribution >= 0.6 is 0 Å². The zero-order valence-corrected chi connectivity index (χ0v) is 27.2. The van der Waals surface area contributed by atoms with Gasteiger partial charge in [-0.15, -0.1) is 6.58 Å². The molecule has 9 unspecified atom stereocenters. The second kappa shape index (κ2) is 17.5. The van der Waals surface area contributed by atoms with Crippen molar-refractivity contribution in [3.8, 4) is 0 Å². The SMILES string of the molecule is C=CCN(C(C)=O)C1O[C@@H](CO)[C@@H](OC2OC(CO)[C@H](O)[C@H](OC3OC(CO)[C@H](O)[C@H](O)[C@@H]3O)[C@@H]2OC2OC(C)[C@@H](O)[C@H](O)[C@H]2O)C(O)C1O. The van der Waals surface area contributed by atoms with Gasteiger partial charge in [-0.25, -0.2) is 0 Å². The van der Waals surface area contributed by atoms with E-state index in [0.717, 1.165) is 4.90 Å². The fourth-order valence-electron chi connectivity index (χ4n) is 6.26. The van der Waals surface area contributed by atoms with Crippen LogP contribution in [0.25, 0.3) is 0 Å². The molecule has 4 fully saturated rings. The van der Waals surface area contributed by atoms with Gasteiger partial charge < -0.3 is 99.3 Å². The maximum atomic E-state index is 12.3. The summed E-state index contributed by atoms with van der Waals surface area (Å²) in [7, 11) is 0. The van der Waals surface area contributed by atoms with Crippen LogP contribution in [0, 0.1) is 0 Å². The molecule has 20 atom stereocenters. The number of carbonyl (C=O) groups excluding carboxylic acids is 1. The Balaban J connectivity index is 1.70. The van der Waals surface area contributed by atoms with Gasteiger partial charge in [0.1, 0.15) is 91.6 Å². The molecule has 0 aromatic rings. The molecular weight excluding hydrogens is 682 g/mol. The molecule has 0 aromatic heterocycles. The average Bonchev–Trinajstić information content (AvgIpc) is 3.09. The van der Waals surface area contributed by atoms with E-state index in [1.165, 1.54) is 19.9 Å². The third-order valence-electron chi connectivity index (χ3n) is 9.21. The first-order chi connectivity index (χ1) is 23.6. The highest BCUT2D eigenvalue weighted by Crippen LogP contribution is 2.36. The Morgan fingerprint density at radius 1 is 0.600 bits per heavy atom. The van der Waals surface area contributed by atoms with Crippen molar-refractivity contribution in [2.75, 3.05) is 26.4 Å². The normalized spacial score (nSPS) is 48.6. The Morgan fingerprint density at radius 2 is 1.10 bits per heavy atom. The highest BCUT2D eigenvalue weighted by atomic mass is 16.8. The van der Waals surface area contributed by atoms with Crippen molar-refractivity contribution >= 4 is 5.91 Å². The lowest BCUT2D eigenvalue weighted by molar-refractivity contribution is -0.402. The van der Waals surface area contributed by atoms with E-state index < -0.39 is 148 Å². The summed E-state index contributed by atoms with van der Waals surface area (Å²) in [6.45, 7) is 3.35. The molecule has 0 aliphatic carbocycles. The van der Waals surface area contributed by atoms with Crippen LogP contribution in [0.1, 0.15) is 13.8 Å². The zero-order chi connectivity index (χ0) is 37.2. The maximum Gasteiger partial charge on any atom is 0.221 e. The fourth-order valence-corrected chi connectivity index (χ4v) is 6.26. The minimum Gasteiger partial charge on any atom is -0.394 e. The van der Waals surface area contributed by atoms with Gasteiger partial charge in [-0.3, -0.25) is 4.79 Å². The second-order valence-electron chi connectivity index (χ2n) is 12.6. The third kappa shape index (κ3) is 8.31. The van der Waals surface area contributed by atoms with Crippen molar-refractivity contribution in [2.24, 2.45) is 0 Å². The molecule has 1 amide bonds. The minimum atomic E-state index is -2.00. The van der Waals surface area contributed by atoms with Gasteiger partial charge >= 0.3 is 0 Å². The molecule has 12 N–H and O–H groups in total. The van der Waals surface area contributed by atoms with E-state index >= 15 is 0 Å².